The van der Waals surface area contributed by atoms with E-state index in [0.717, 1.165) is 27.9 Å². The van der Waals surface area contributed by atoms with E-state index in [1.54, 1.807) is 13.2 Å². The minimum atomic E-state index is -0.253. The van der Waals surface area contributed by atoms with Gasteiger partial charge in [-0.1, -0.05) is 71.5 Å². The van der Waals surface area contributed by atoms with Crippen LogP contribution in [0.1, 0.15) is 29.4 Å². The van der Waals surface area contributed by atoms with E-state index in [0.29, 0.717) is 56.5 Å². The highest BCUT2D eigenvalue weighted by Crippen LogP contribution is 2.29. The van der Waals surface area contributed by atoms with Gasteiger partial charge in [0.1, 0.15) is 18.1 Å². The zero-order chi connectivity index (χ0) is 33.7. The minimum absolute atomic E-state index is 0.253. The SMILES string of the molecule is CCOc1ccc(/C=C/c2nc3s/c(=C\c4cn(-c5ccccc5)nc4-c4ccc(OCc5ccccc5Cl)cc4)c(=O)n3n2)cc1OC. The summed E-state index contributed by atoms with van der Waals surface area (Å²) in [6.07, 6.45) is 7.39. The van der Waals surface area contributed by atoms with Crippen LogP contribution >= 0.6 is 22.9 Å². The standard InChI is InChI=1S/C38H30ClN5O4S/c1-3-47-32-19-13-25(21-33(32)46-2)14-20-35-40-38-44(41-35)37(45)34(49-38)22-28-23-43(29-10-5-4-6-11-29)42-36(28)26-15-17-30(18-16-26)48-24-27-9-7-8-12-31(27)39/h4-23H,3,24H2,1-2H3/b20-14+,34-22-. The Kier molecular flexibility index (Phi) is 9.23. The van der Waals surface area contributed by atoms with Crippen molar-refractivity contribution in [1.82, 2.24) is 24.4 Å². The summed E-state index contributed by atoms with van der Waals surface area (Å²) < 4.78 is 20.7. The topological polar surface area (TPSA) is 92.8 Å². The average molecular weight is 688 g/mol. The third kappa shape index (κ3) is 6.96. The lowest BCUT2D eigenvalue weighted by molar-refractivity contribution is 0.306. The number of benzene rings is 4. The summed E-state index contributed by atoms with van der Waals surface area (Å²) in [5.74, 6) is 2.45. The number of hydrogen-bond donors (Lipinski definition) is 0. The fourth-order valence-corrected chi connectivity index (χ4v) is 6.31. The number of halogens is 1. The Bertz CT molecular complexity index is 2380. The van der Waals surface area contributed by atoms with Gasteiger partial charge >= 0.3 is 0 Å². The fraction of sp³-hybridized carbons (Fsp3) is 0.105. The number of para-hydroxylation sites is 1. The van der Waals surface area contributed by atoms with Crippen molar-refractivity contribution < 1.29 is 14.2 Å². The Labute approximate surface area is 290 Å². The van der Waals surface area contributed by atoms with Crippen molar-refractivity contribution in [1.29, 1.82) is 0 Å². The first-order chi connectivity index (χ1) is 24.0. The molecule has 0 amide bonds. The van der Waals surface area contributed by atoms with Gasteiger partial charge in [0.2, 0.25) is 4.96 Å². The lowest BCUT2D eigenvalue weighted by Crippen LogP contribution is -2.23. The monoisotopic (exact) mass is 687 g/mol. The molecule has 3 heterocycles. The number of rotatable bonds is 11. The molecule has 0 unspecified atom stereocenters. The van der Waals surface area contributed by atoms with Crippen LogP contribution in [0, 0.1) is 0 Å². The van der Waals surface area contributed by atoms with Gasteiger partial charge in [-0.3, -0.25) is 4.79 Å². The summed E-state index contributed by atoms with van der Waals surface area (Å²) >= 11 is 7.57. The normalized spacial score (nSPS) is 11.9. The first-order valence-corrected chi connectivity index (χ1v) is 16.7. The van der Waals surface area contributed by atoms with Crippen LogP contribution in [0.5, 0.6) is 17.2 Å². The molecular weight excluding hydrogens is 658 g/mol. The molecule has 0 fully saturated rings. The van der Waals surface area contributed by atoms with Crippen molar-refractivity contribution in [2.45, 2.75) is 13.5 Å². The molecule has 3 aromatic heterocycles. The summed E-state index contributed by atoms with van der Waals surface area (Å²) in [6.45, 7) is 2.82. The van der Waals surface area contributed by atoms with E-state index in [-0.39, 0.29) is 5.56 Å². The molecule has 0 atom stereocenters. The van der Waals surface area contributed by atoms with E-state index in [1.165, 1.54) is 15.9 Å². The Balaban J connectivity index is 1.18. The number of hydrogen-bond acceptors (Lipinski definition) is 8. The van der Waals surface area contributed by atoms with Crippen molar-refractivity contribution in [3.05, 3.63) is 146 Å². The Morgan fingerprint density at radius 2 is 1.67 bits per heavy atom. The number of ether oxygens (including phenoxy) is 3. The second kappa shape index (κ2) is 14.2. The molecule has 0 radical (unpaired) electrons. The van der Waals surface area contributed by atoms with Crippen molar-refractivity contribution in [2.24, 2.45) is 0 Å². The summed E-state index contributed by atoms with van der Waals surface area (Å²) in [7, 11) is 1.60. The molecule has 0 aliphatic carbocycles. The second-order valence-electron chi connectivity index (χ2n) is 10.9. The van der Waals surface area contributed by atoms with E-state index >= 15 is 0 Å². The molecular formula is C38H30ClN5O4S. The molecule has 0 aliphatic rings. The molecule has 7 aromatic rings. The number of methoxy groups -OCH3 is 1. The summed E-state index contributed by atoms with van der Waals surface area (Å²) in [4.78, 5) is 18.6. The first kappa shape index (κ1) is 31.9. The van der Waals surface area contributed by atoms with Gasteiger partial charge in [-0.05, 0) is 79.2 Å². The number of aromatic nitrogens is 5. The first-order valence-electron chi connectivity index (χ1n) is 15.5. The minimum Gasteiger partial charge on any atom is -0.493 e. The van der Waals surface area contributed by atoms with Crippen LogP contribution in [0.25, 0.3) is 40.1 Å². The van der Waals surface area contributed by atoms with Crippen molar-refractivity contribution >= 4 is 46.1 Å². The molecule has 11 heteroatoms. The summed E-state index contributed by atoms with van der Waals surface area (Å²) in [5, 5.41) is 10.0. The van der Waals surface area contributed by atoms with Crippen molar-refractivity contribution in [3.63, 3.8) is 0 Å². The van der Waals surface area contributed by atoms with Crippen LogP contribution in [-0.2, 0) is 6.61 Å². The second-order valence-corrected chi connectivity index (χ2v) is 12.3. The molecule has 0 saturated heterocycles. The molecule has 0 saturated carbocycles. The van der Waals surface area contributed by atoms with Crippen molar-refractivity contribution in [3.8, 4) is 34.2 Å². The molecule has 7 rings (SSSR count). The Morgan fingerprint density at radius 1 is 0.878 bits per heavy atom. The lowest BCUT2D eigenvalue weighted by atomic mass is 10.1. The molecule has 0 aliphatic heterocycles. The maximum absolute atomic E-state index is 13.5. The molecule has 0 N–H and O–H groups in total. The van der Waals surface area contributed by atoms with Gasteiger partial charge in [-0.15, -0.1) is 5.10 Å². The predicted molar refractivity (Wildman–Crippen MR) is 194 cm³/mol. The lowest BCUT2D eigenvalue weighted by Gasteiger charge is -2.09. The highest BCUT2D eigenvalue weighted by atomic mass is 35.5. The smallest absolute Gasteiger partial charge is 0.291 e. The van der Waals surface area contributed by atoms with Crippen LogP contribution in [0.4, 0.5) is 0 Å². The summed E-state index contributed by atoms with van der Waals surface area (Å²) in [6, 6.07) is 30.8. The quantitative estimate of drug-likeness (QED) is 0.140. The average Bonchev–Trinajstić information content (AvgIpc) is 3.82. The zero-order valence-electron chi connectivity index (χ0n) is 26.6. The zero-order valence-corrected chi connectivity index (χ0v) is 28.2. The maximum atomic E-state index is 13.5. The van der Waals surface area contributed by atoms with E-state index in [4.69, 9.17) is 30.9 Å². The van der Waals surface area contributed by atoms with Gasteiger partial charge in [-0.2, -0.15) is 14.6 Å². The fourth-order valence-electron chi connectivity index (χ4n) is 5.21. The third-order valence-electron chi connectivity index (χ3n) is 7.64. The van der Waals surface area contributed by atoms with Gasteiger partial charge in [0.15, 0.2) is 17.3 Å². The Hall–Kier alpha value is -5.71. The van der Waals surface area contributed by atoms with Gasteiger partial charge in [0.25, 0.3) is 5.56 Å². The molecule has 4 aromatic carbocycles. The summed E-state index contributed by atoms with van der Waals surface area (Å²) in [5.41, 5.74) is 4.81. The van der Waals surface area contributed by atoms with Gasteiger partial charge in [0, 0.05) is 27.9 Å². The van der Waals surface area contributed by atoms with Gasteiger partial charge in [0.05, 0.1) is 23.9 Å². The number of nitrogens with zero attached hydrogens (tertiary/aromatic N) is 5. The van der Waals surface area contributed by atoms with Crippen LogP contribution < -0.4 is 24.3 Å². The molecule has 49 heavy (non-hydrogen) atoms. The van der Waals surface area contributed by atoms with Crippen molar-refractivity contribution in [2.75, 3.05) is 13.7 Å². The molecule has 244 valence electrons. The molecule has 0 bridgehead atoms. The number of fused-ring (bicyclic) bond motifs is 1. The highest BCUT2D eigenvalue weighted by molar-refractivity contribution is 7.15. The van der Waals surface area contributed by atoms with Crippen LogP contribution in [-0.4, -0.2) is 38.1 Å². The largest absolute Gasteiger partial charge is 0.493 e. The van der Waals surface area contributed by atoms with Gasteiger partial charge < -0.3 is 14.2 Å². The van der Waals surface area contributed by atoms with Gasteiger partial charge in [-0.25, -0.2) is 4.68 Å². The van der Waals surface area contributed by atoms with E-state index in [1.807, 2.05) is 127 Å². The third-order valence-corrected chi connectivity index (χ3v) is 8.97. The van der Waals surface area contributed by atoms with E-state index in [2.05, 4.69) is 10.1 Å². The highest BCUT2D eigenvalue weighted by Gasteiger charge is 2.15. The maximum Gasteiger partial charge on any atom is 0.291 e. The Morgan fingerprint density at radius 3 is 2.43 bits per heavy atom. The van der Waals surface area contributed by atoms with E-state index < -0.39 is 0 Å². The van der Waals surface area contributed by atoms with Crippen LogP contribution in [0.15, 0.2) is 108 Å². The molecule has 0 spiro atoms. The predicted octanol–water partition coefficient (Wildman–Crippen LogP) is 7.36. The van der Waals surface area contributed by atoms with E-state index in [9.17, 15) is 4.79 Å². The van der Waals surface area contributed by atoms with Crippen LogP contribution in [0.3, 0.4) is 0 Å². The van der Waals surface area contributed by atoms with Crippen LogP contribution in [0.2, 0.25) is 5.02 Å². The molecule has 9 nitrogen and oxygen atoms in total. The number of thiazole rings is 1.